The first-order chi connectivity index (χ1) is 12.4. The summed E-state index contributed by atoms with van der Waals surface area (Å²) in [7, 11) is 0. The van der Waals surface area contributed by atoms with Crippen LogP contribution in [0, 0.1) is 22.5 Å². The number of nitrogens with zero attached hydrogens (tertiary/aromatic N) is 3. The van der Waals surface area contributed by atoms with E-state index in [1.54, 1.807) is 6.92 Å². The number of nitriles is 2. The van der Waals surface area contributed by atoms with Crippen LogP contribution in [-0.4, -0.2) is 43.6 Å². The Morgan fingerprint density at radius 3 is 1.15 bits per heavy atom. The summed E-state index contributed by atoms with van der Waals surface area (Å²) in [6.45, 7) is 18.7. The minimum Gasteiger partial charge on any atom is -0.568 e. The fourth-order valence-electron chi connectivity index (χ4n) is 3.08. The molecule has 0 aliphatic carbocycles. The third kappa shape index (κ3) is 13.2. The smallest absolute Gasteiger partial charge is 0.312 e. The van der Waals surface area contributed by atoms with Crippen molar-refractivity contribution in [3.63, 3.8) is 0 Å². The van der Waals surface area contributed by atoms with Crippen molar-refractivity contribution in [3.05, 3.63) is 0 Å². The Kier molecular flexibility index (Phi) is 18.2. The normalized spacial score (nSPS) is 11.2. The first-order valence-electron chi connectivity index (χ1n) is 10.9. The zero-order valence-electron chi connectivity index (χ0n) is 18.5. The van der Waals surface area contributed by atoms with E-state index in [1.807, 2.05) is 11.9 Å². The lowest BCUT2D eigenvalue weighted by molar-refractivity contribution is -0.929. The van der Waals surface area contributed by atoms with Gasteiger partial charge in [0.15, 0.2) is 0 Å². The molecule has 0 aliphatic rings. The largest absolute Gasteiger partial charge is 0.568 e. The molecule has 0 saturated carbocycles. The molecule has 0 amide bonds. The molecule has 0 radical (unpaired) electrons. The van der Waals surface area contributed by atoms with Crippen LogP contribution in [0.1, 0.15) is 86.0 Å². The quantitative estimate of drug-likeness (QED) is 0.292. The summed E-state index contributed by atoms with van der Waals surface area (Å²) >= 11 is 0. The Balaban J connectivity index is 0. The lowest BCUT2D eigenvalue weighted by Gasteiger charge is -2.39. The SMILES string of the molecule is CCCC[N+](CCCC)(CCCC)CCCC.CCO[B-](C)(C#N)C#N. The van der Waals surface area contributed by atoms with Crippen LogP contribution < -0.4 is 0 Å². The van der Waals surface area contributed by atoms with Crippen molar-refractivity contribution < 1.29 is 9.14 Å². The Bertz CT molecular complexity index is 350. The highest BCUT2D eigenvalue weighted by molar-refractivity contribution is 6.86. The second kappa shape index (κ2) is 17.4. The van der Waals surface area contributed by atoms with Gasteiger partial charge in [-0.15, -0.1) is 18.8 Å². The van der Waals surface area contributed by atoms with E-state index in [-0.39, 0.29) is 0 Å². The molecule has 0 aromatic carbocycles. The summed E-state index contributed by atoms with van der Waals surface area (Å²) < 4.78 is 6.29. The van der Waals surface area contributed by atoms with Gasteiger partial charge in [-0.2, -0.15) is 0 Å². The number of rotatable bonds is 14. The molecule has 0 aromatic rings. The lowest BCUT2D eigenvalue weighted by atomic mass is 9.45. The predicted molar refractivity (Wildman–Crippen MR) is 114 cm³/mol. The van der Waals surface area contributed by atoms with E-state index in [9.17, 15) is 0 Å². The molecule has 0 fully saturated rings. The van der Waals surface area contributed by atoms with Gasteiger partial charge in [0.05, 0.1) is 26.2 Å². The fourth-order valence-corrected chi connectivity index (χ4v) is 3.08. The van der Waals surface area contributed by atoms with E-state index in [2.05, 4.69) is 27.7 Å². The Morgan fingerprint density at radius 1 is 0.692 bits per heavy atom. The maximum absolute atomic E-state index is 8.35. The lowest BCUT2D eigenvalue weighted by Crippen LogP contribution is -2.50. The molecule has 0 atom stereocenters. The van der Waals surface area contributed by atoms with Crippen LogP contribution in [0.5, 0.6) is 0 Å². The number of hydrogen-bond acceptors (Lipinski definition) is 3. The van der Waals surface area contributed by atoms with E-state index in [4.69, 9.17) is 15.2 Å². The minimum atomic E-state index is -1.85. The molecule has 4 nitrogen and oxygen atoms in total. The second-order valence-electron chi connectivity index (χ2n) is 7.56. The van der Waals surface area contributed by atoms with E-state index >= 15 is 0 Å². The maximum atomic E-state index is 8.35. The van der Waals surface area contributed by atoms with Crippen LogP contribution in [0.2, 0.25) is 6.82 Å². The third-order valence-electron chi connectivity index (χ3n) is 4.94. The van der Waals surface area contributed by atoms with Gasteiger partial charge in [0.25, 0.3) is 0 Å². The van der Waals surface area contributed by atoms with Gasteiger partial charge >= 0.3 is 6.35 Å². The topological polar surface area (TPSA) is 56.8 Å². The van der Waals surface area contributed by atoms with Crippen molar-refractivity contribution >= 4 is 6.35 Å². The van der Waals surface area contributed by atoms with Crippen molar-refractivity contribution in [2.45, 2.75) is 92.8 Å². The van der Waals surface area contributed by atoms with Gasteiger partial charge in [0, 0.05) is 0 Å². The molecule has 0 aliphatic heterocycles. The summed E-state index contributed by atoms with van der Waals surface area (Å²) in [5, 5.41) is 16.7. The molecule has 0 saturated heterocycles. The van der Waals surface area contributed by atoms with Crippen molar-refractivity contribution in [2.75, 3.05) is 32.8 Å². The zero-order valence-corrected chi connectivity index (χ0v) is 18.5. The molecule has 0 N–H and O–H groups in total. The predicted octanol–water partition coefficient (Wildman–Crippen LogP) is 5.73. The minimum absolute atomic E-state index is 0.414. The molecule has 5 heteroatoms. The second-order valence-corrected chi connectivity index (χ2v) is 7.56. The van der Waals surface area contributed by atoms with E-state index in [0.717, 1.165) is 0 Å². The van der Waals surface area contributed by atoms with Gasteiger partial charge in [0.1, 0.15) is 0 Å². The third-order valence-corrected chi connectivity index (χ3v) is 4.94. The molecule has 0 spiro atoms. The molecule has 0 heterocycles. The van der Waals surface area contributed by atoms with Crippen LogP contribution >= 0.6 is 0 Å². The van der Waals surface area contributed by atoms with Crippen molar-refractivity contribution in [1.82, 2.24) is 0 Å². The first-order valence-corrected chi connectivity index (χ1v) is 10.9. The summed E-state index contributed by atoms with van der Waals surface area (Å²) in [6, 6.07) is 0. The van der Waals surface area contributed by atoms with Gasteiger partial charge < -0.3 is 9.14 Å². The Morgan fingerprint density at radius 2 is 1.00 bits per heavy atom. The summed E-state index contributed by atoms with van der Waals surface area (Å²) in [4.78, 5) is 0. The van der Waals surface area contributed by atoms with Gasteiger partial charge in [-0.05, 0) is 39.2 Å². The molecule has 0 aromatic heterocycles. The van der Waals surface area contributed by atoms with Crippen LogP contribution in [0.3, 0.4) is 0 Å². The van der Waals surface area contributed by atoms with E-state index in [1.165, 1.54) is 88.9 Å². The highest BCUT2D eigenvalue weighted by atomic mass is 16.4. The monoisotopic (exact) mass is 365 g/mol. The van der Waals surface area contributed by atoms with Crippen LogP contribution in [-0.2, 0) is 4.65 Å². The average Bonchev–Trinajstić information content (AvgIpc) is 2.67. The van der Waals surface area contributed by atoms with Crippen molar-refractivity contribution in [1.29, 1.82) is 10.5 Å². The number of quaternary nitrogens is 1. The molecule has 0 rings (SSSR count). The average molecular weight is 365 g/mol. The molecular formula is C21H44BN3O. The molecular weight excluding hydrogens is 321 g/mol. The van der Waals surface area contributed by atoms with Crippen molar-refractivity contribution in [3.8, 4) is 11.9 Å². The molecule has 152 valence electrons. The number of hydrogen-bond donors (Lipinski definition) is 0. The summed E-state index contributed by atoms with van der Waals surface area (Å²) in [5.74, 6) is 3.62. The van der Waals surface area contributed by atoms with Crippen LogP contribution in [0.15, 0.2) is 0 Å². The highest BCUT2D eigenvalue weighted by Gasteiger charge is 2.24. The van der Waals surface area contributed by atoms with Gasteiger partial charge in [-0.25, -0.2) is 10.5 Å². The maximum Gasteiger partial charge on any atom is 0.312 e. The summed E-state index contributed by atoms with van der Waals surface area (Å²) in [5.41, 5.74) is 0. The summed E-state index contributed by atoms with van der Waals surface area (Å²) in [6.07, 6.45) is 9.21. The van der Waals surface area contributed by atoms with Crippen molar-refractivity contribution in [2.24, 2.45) is 0 Å². The number of unbranched alkanes of at least 4 members (excludes halogenated alkanes) is 4. The Labute approximate surface area is 164 Å². The van der Waals surface area contributed by atoms with E-state index in [0.29, 0.717) is 6.61 Å². The van der Waals surface area contributed by atoms with Gasteiger partial charge in [-0.1, -0.05) is 53.4 Å². The molecule has 26 heavy (non-hydrogen) atoms. The standard InChI is InChI=1S/C16H36N.C5H8BN2O/c1-5-9-13-17(14-10-6-2,15-11-7-3)16-12-8-4;1-3-9-6(2,4-7)5-8/h5-16H2,1-4H3;3H2,1-2H3/q+1;-1. The molecule has 0 bridgehead atoms. The highest BCUT2D eigenvalue weighted by Crippen LogP contribution is 2.16. The molecule has 0 unspecified atom stereocenters. The van der Waals surface area contributed by atoms with Crippen LogP contribution in [0.4, 0.5) is 0 Å². The van der Waals surface area contributed by atoms with E-state index < -0.39 is 6.35 Å². The van der Waals surface area contributed by atoms with Gasteiger partial charge in [0.2, 0.25) is 0 Å². The fraction of sp³-hybridized carbons (Fsp3) is 0.905. The first kappa shape index (κ1) is 27.2. The van der Waals surface area contributed by atoms with Gasteiger partial charge in [-0.3, -0.25) is 0 Å². The zero-order chi connectivity index (χ0) is 20.3. The Hall–Kier alpha value is -1.04. The van der Waals surface area contributed by atoms with Crippen LogP contribution in [0.25, 0.3) is 0 Å².